The molecule has 0 atom stereocenters. The maximum absolute atomic E-state index is 13.8. The number of halogens is 2. The quantitative estimate of drug-likeness (QED) is 0.407. The van der Waals surface area contributed by atoms with Crippen LogP contribution in [0.4, 0.5) is 14.9 Å². The van der Waals surface area contributed by atoms with Gasteiger partial charge in [0.1, 0.15) is 23.7 Å². The van der Waals surface area contributed by atoms with E-state index in [0.717, 1.165) is 9.37 Å². The van der Waals surface area contributed by atoms with E-state index in [1.165, 1.54) is 12.1 Å². The fourth-order valence-corrected chi connectivity index (χ4v) is 3.38. The predicted octanol–water partition coefficient (Wildman–Crippen LogP) is 4.83. The van der Waals surface area contributed by atoms with Gasteiger partial charge in [0.05, 0.1) is 5.69 Å². The third-order valence-corrected chi connectivity index (χ3v) is 5.24. The number of imide groups is 2. The molecule has 6 nitrogen and oxygen atoms in total. The van der Waals surface area contributed by atoms with Crippen LogP contribution in [-0.4, -0.2) is 17.8 Å². The Labute approximate surface area is 191 Å². The van der Waals surface area contributed by atoms with Crippen molar-refractivity contribution >= 4 is 45.5 Å². The van der Waals surface area contributed by atoms with Crippen LogP contribution in [0.5, 0.6) is 5.75 Å². The van der Waals surface area contributed by atoms with Crippen LogP contribution >= 0.6 is 15.9 Å². The molecule has 1 fully saturated rings. The van der Waals surface area contributed by atoms with Gasteiger partial charge in [-0.2, -0.15) is 0 Å². The molecule has 160 valence electrons. The van der Waals surface area contributed by atoms with Crippen molar-refractivity contribution in [3.63, 3.8) is 0 Å². The van der Waals surface area contributed by atoms with E-state index in [4.69, 9.17) is 4.74 Å². The topological polar surface area (TPSA) is 75.7 Å². The second-order valence-electron chi connectivity index (χ2n) is 6.89. The molecule has 3 aromatic carbocycles. The number of benzene rings is 3. The minimum Gasteiger partial charge on any atom is -0.489 e. The van der Waals surface area contributed by atoms with Crippen LogP contribution in [0.15, 0.2) is 82.8 Å². The Morgan fingerprint density at radius 1 is 0.969 bits per heavy atom. The van der Waals surface area contributed by atoms with Crippen molar-refractivity contribution < 1.29 is 23.5 Å². The number of hydrogen-bond donors (Lipinski definition) is 1. The van der Waals surface area contributed by atoms with E-state index in [0.29, 0.717) is 22.6 Å². The van der Waals surface area contributed by atoms with Gasteiger partial charge in [0, 0.05) is 10.0 Å². The molecule has 0 aliphatic carbocycles. The Bertz CT molecular complexity index is 1240. The Balaban J connectivity index is 1.58. The first-order valence-electron chi connectivity index (χ1n) is 9.55. The van der Waals surface area contributed by atoms with Gasteiger partial charge in [-0.15, -0.1) is 0 Å². The summed E-state index contributed by atoms with van der Waals surface area (Å²) in [6.07, 6.45) is 1.38. The van der Waals surface area contributed by atoms with Crippen molar-refractivity contribution in [2.24, 2.45) is 0 Å². The SMILES string of the molecule is O=C1NC(=O)N(c2ccc(Br)cc2)C(=O)/C1=C\c1cccc(OCc2ccccc2F)c1. The molecule has 1 N–H and O–H groups in total. The molecule has 1 saturated heterocycles. The molecular weight excluding hydrogens is 479 g/mol. The summed E-state index contributed by atoms with van der Waals surface area (Å²) in [6, 6.07) is 18.7. The van der Waals surface area contributed by atoms with E-state index in [2.05, 4.69) is 21.2 Å². The number of carbonyl (C=O) groups is 3. The van der Waals surface area contributed by atoms with Gasteiger partial charge >= 0.3 is 6.03 Å². The Morgan fingerprint density at radius 2 is 1.72 bits per heavy atom. The van der Waals surface area contributed by atoms with E-state index >= 15 is 0 Å². The van der Waals surface area contributed by atoms with Crippen molar-refractivity contribution in [2.45, 2.75) is 6.61 Å². The number of carbonyl (C=O) groups excluding carboxylic acids is 3. The van der Waals surface area contributed by atoms with Crippen LogP contribution in [0.1, 0.15) is 11.1 Å². The van der Waals surface area contributed by atoms with Crippen LogP contribution in [0.25, 0.3) is 6.08 Å². The van der Waals surface area contributed by atoms with E-state index in [-0.39, 0.29) is 18.0 Å². The van der Waals surface area contributed by atoms with Crippen LogP contribution in [0.3, 0.4) is 0 Å². The maximum atomic E-state index is 13.8. The minimum atomic E-state index is -0.818. The summed E-state index contributed by atoms with van der Waals surface area (Å²) in [4.78, 5) is 38.5. The lowest BCUT2D eigenvalue weighted by molar-refractivity contribution is -0.122. The van der Waals surface area contributed by atoms with Gasteiger partial charge in [0.2, 0.25) is 0 Å². The number of urea groups is 1. The number of hydrogen-bond acceptors (Lipinski definition) is 4. The molecule has 3 aromatic rings. The molecule has 1 heterocycles. The number of nitrogens with zero attached hydrogens (tertiary/aromatic N) is 1. The Hall–Kier alpha value is -3.78. The third kappa shape index (κ3) is 4.60. The molecule has 8 heteroatoms. The molecule has 0 unspecified atom stereocenters. The number of amides is 4. The molecular formula is C24H16BrFN2O4. The highest BCUT2D eigenvalue weighted by Crippen LogP contribution is 2.25. The zero-order chi connectivity index (χ0) is 22.7. The highest BCUT2D eigenvalue weighted by Gasteiger charge is 2.36. The van der Waals surface area contributed by atoms with E-state index in [1.807, 2.05) is 0 Å². The van der Waals surface area contributed by atoms with Gasteiger partial charge in [0.25, 0.3) is 11.8 Å². The van der Waals surface area contributed by atoms with Gasteiger partial charge in [-0.05, 0) is 54.1 Å². The van der Waals surface area contributed by atoms with Gasteiger partial charge in [0.15, 0.2) is 0 Å². The summed E-state index contributed by atoms with van der Waals surface area (Å²) < 4.78 is 20.2. The zero-order valence-corrected chi connectivity index (χ0v) is 18.1. The molecule has 0 radical (unpaired) electrons. The molecule has 0 spiro atoms. The number of ether oxygens (including phenoxy) is 1. The molecule has 32 heavy (non-hydrogen) atoms. The molecule has 0 saturated carbocycles. The Kier molecular flexibility index (Phi) is 6.13. The summed E-state index contributed by atoms with van der Waals surface area (Å²) in [7, 11) is 0. The van der Waals surface area contributed by atoms with Crippen LogP contribution < -0.4 is 15.0 Å². The van der Waals surface area contributed by atoms with Crippen molar-refractivity contribution in [3.05, 3.63) is 99.8 Å². The molecule has 4 amide bonds. The van der Waals surface area contributed by atoms with Crippen LogP contribution in [0, 0.1) is 5.82 Å². The van der Waals surface area contributed by atoms with Crippen molar-refractivity contribution in [1.29, 1.82) is 0 Å². The highest BCUT2D eigenvalue weighted by atomic mass is 79.9. The summed E-state index contributed by atoms with van der Waals surface area (Å²) in [5, 5.41) is 2.19. The molecule has 0 aromatic heterocycles. The minimum absolute atomic E-state index is 0.0258. The predicted molar refractivity (Wildman–Crippen MR) is 120 cm³/mol. The second-order valence-corrected chi connectivity index (χ2v) is 7.80. The molecule has 1 aliphatic heterocycles. The normalized spacial score (nSPS) is 15.1. The fraction of sp³-hybridized carbons (Fsp3) is 0.0417. The monoisotopic (exact) mass is 494 g/mol. The summed E-state index contributed by atoms with van der Waals surface area (Å²) >= 11 is 3.30. The average Bonchev–Trinajstić information content (AvgIpc) is 2.77. The lowest BCUT2D eigenvalue weighted by Gasteiger charge is -2.26. The van der Waals surface area contributed by atoms with Gasteiger partial charge in [-0.1, -0.05) is 46.3 Å². The lowest BCUT2D eigenvalue weighted by Crippen LogP contribution is -2.54. The summed E-state index contributed by atoms with van der Waals surface area (Å²) in [5.41, 5.74) is 1.05. The number of rotatable bonds is 5. The Morgan fingerprint density at radius 3 is 2.47 bits per heavy atom. The van der Waals surface area contributed by atoms with Gasteiger partial charge in [-0.25, -0.2) is 14.1 Å². The average molecular weight is 495 g/mol. The van der Waals surface area contributed by atoms with Crippen LogP contribution in [0.2, 0.25) is 0 Å². The van der Waals surface area contributed by atoms with Gasteiger partial charge < -0.3 is 4.74 Å². The van der Waals surface area contributed by atoms with Crippen molar-refractivity contribution in [1.82, 2.24) is 5.32 Å². The van der Waals surface area contributed by atoms with Crippen molar-refractivity contribution in [3.8, 4) is 5.75 Å². The first kappa shape index (κ1) is 21.5. The summed E-state index contributed by atoms with van der Waals surface area (Å²) in [6.45, 7) is 0.0258. The molecule has 0 bridgehead atoms. The van der Waals surface area contributed by atoms with Gasteiger partial charge in [-0.3, -0.25) is 14.9 Å². The van der Waals surface area contributed by atoms with Crippen LogP contribution in [-0.2, 0) is 16.2 Å². The first-order valence-corrected chi connectivity index (χ1v) is 10.3. The zero-order valence-electron chi connectivity index (χ0n) is 16.5. The number of anilines is 1. The smallest absolute Gasteiger partial charge is 0.335 e. The van der Waals surface area contributed by atoms with E-state index in [9.17, 15) is 18.8 Å². The maximum Gasteiger partial charge on any atom is 0.335 e. The second kappa shape index (κ2) is 9.15. The molecule has 4 rings (SSSR count). The molecule has 1 aliphatic rings. The summed E-state index contributed by atoms with van der Waals surface area (Å²) in [5.74, 6) is -1.45. The van der Waals surface area contributed by atoms with E-state index < -0.39 is 17.8 Å². The number of nitrogens with one attached hydrogen (secondary N) is 1. The first-order chi connectivity index (χ1) is 15.4. The fourth-order valence-electron chi connectivity index (χ4n) is 3.12. The largest absolute Gasteiger partial charge is 0.489 e. The van der Waals surface area contributed by atoms with Crippen molar-refractivity contribution in [2.75, 3.05) is 4.90 Å². The van der Waals surface area contributed by atoms with E-state index in [1.54, 1.807) is 66.7 Å². The highest BCUT2D eigenvalue weighted by molar-refractivity contribution is 9.10. The third-order valence-electron chi connectivity index (χ3n) is 4.71. The lowest BCUT2D eigenvalue weighted by atomic mass is 10.1. The standard InChI is InChI=1S/C24H16BrFN2O4/c25-17-8-10-18(11-9-17)28-23(30)20(22(29)27-24(28)31)13-15-4-3-6-19(12-15)32-14-16-5-1-2-7-21(16)26/h1-13H,14H2,(H,27,29,31)/b20-13-. The number of barbiturate groups is 1.